The third-order valence-corrected chi connectivity index (χ3v) is 5.79. The van der Waals surface area contributed by atoms with Gasteiger partial charge in [-0.3, -0.25) is 4.79 Å². The van der Waals surface area contributed by atoms with E-state index >= 15 is 0 Å². The Labute approximate surface area is 191 Å². The molecule has 0 radical (unpaired) electrons. The van der Waals surface area contributed by atoms with Crippen LogP contribution in [0.5, 0.6) is 11.5 Å². The molecule has 1 unspecified atom stereocenters. The van der Waals surface area contributed by atoms with Gasteiger partial charge in [-0.15, -0.1) is 10.2 Å². The van der Waals surface area contributed by atoms with Gasteiger partial charge in [-0.2, -0.15) is 0 Å². The first kappa shape index (κ1) is 23.0. The van der Waals surface area contributed by atoms with Gasteiger partial charge in [0.05, 0.1) is 18.6 Å². The molecule has 0 aliphatic rings. The Morgan fingerprint density at radius 1 is 1.23 bits per heavy atom. The molecule has 1 aromatic heterocycles. The second-order valence-corrected chi connectivity index (χ2v) is 8.17. The van der Waals surface area contributed by atoms with Crippen molar-refractivity contribution in [2.24, 2.45) is 0 Å². The number of hydrogen-bond acceptors (Lipinski definition) is 6. The fourth-order valence-corrected chi connectivity index (χ4v) is 4.01. The minimum Gasteiger partial charge on any atom is -0.495 e. The third-order valence-electron chi connectivity index (χ3n) is 4.59. The molecule has 1 atom stereocenters. The molecule has 0 spiro atoms. The summed E-state index contributed by atoms with van der Waals surface area (Å²) in [5.74, 6) is 2.04. The predicted molar refractivity (Wildman–Crippen MR) is 123 cm³/mol. The van der Waals surface area contributed by atoms with Crippen molar-refractivity contribution in [1.82, 2.24) is 14.8 Å². The minimum atomic E-state index is -0.285. The Kier molecular flexibility index (Phi) is 7.81. The number of benzene rings is 2. The van der Waals surface area contributed by atoms with Gasteiger partial charge in [0.1, 0.15) is 11.5 Å². The standard InChI is InChI=1S/C22H25ClN4O3S/c1-5-27-21(15(3)30-18-9-7-6-8-14(18)2)25-26-22(27)31-13-20(28)24-17-12-16(23)10-11-19(17)29-4/h6-12,15H,5,13H2,1-4H3,(H,24,28). The third kappa shape index (κ3) is 5.71. The van der Waals surface area contributed by atoms with Crippen molar-refractivity contribution in [3.05, 3.63) is 58.9 Å². The smallest absolute Gasteiger partial charge is 0.234 e. The fraction of sp³-hybridized carbons (Fsp3) is 0.318. The molecule has 31 heavy (non-hydrogen) atoms. The lowest BCUT2D eigenvalue weighted by Gasteiger charge is -2.17. The average molecular weight is 461 g/mol. The maximum absolute atomic E-state index is 12.5. The number of aromatic nitrogens is 3. The van der Waals surface area contributed by atoms with E-state index in [1.807, 2.05) is 49.6 Å². The quantitative estimate of drug-likeness (QED) is 0.445. The van der Waals surface area contributed by atoms with Crippen LogP contribution in [0.1, 0.15) is 31.3 Å². The summed E-state index contributed by atoms with van der Waals surface area (Å²) >= 11 is 7.34. The monoisotopic (exact) mass is 460 g/mol. The van der Waals surface area contributed by atoms with Crippen molar-refractivity contribution >= 4 is 35.0 Å². The molecule has 1 heterocycles. The van der Waals surface area contributed by atoms with Crippen LogP contribution >= 0.6 is 23.4 Å². The van der Waals surface area contributed by atoms with Crippen molar-refractivity contribution < 1.29 is 14.3 Å². The first-order valence-electron chi connectivity index (χ1n) is 9.84. The molecule has 3 aromatic rings. The Morgan fingerprint density at radius 3 is 2.71 bits per heavy atom. The normalized spacial score (nSPS) is 11.8. The van der Waals surface area contributed by atoms with Crippen molar-refractivity contribution in [2.45, 2.75) is 38.6 Å². The summed E-state index contributed by atoms with van der Waals surface area (Å²) in [4.78, 5) is 12.5. The highest BCUT2D eigenvalue weighted by Gasteiger charge is 2.20. The van der Waals surface area contributed by atoms with Crippen molar-refractivity contribution in [3.8, 4) is 11.5 Å². The van der Waals surface area contributed by atoms with E-state index in [0.29, 0.717) is 34.0 Å². The lowest BCUT2D eigenvalue weighted by Crippen LogP contribution is -2.16. The molecule has 3 rings (SSSR count). The maximum Gasteiger partial charge on any atom is 0.234 e. The van der Waals surface area contributed by atoms with Crippen LogP contribution in [0.3, 0.4) is 0 Å². The number of methoxy groups -OCH3 is 1. The van der Waals surface area contributed by atoms with Gasteiger partial charge in [-0.1, -0.05) is 41.6 Å². The minimum absolute atomic E-state index is 0.167. The second kappa shape index (κ2) is 10.5. The summed E-state index contributed by atoms with van der Waals surface area (Å²) in [5, 5.41) is 12.6. The van der Waals surface area contributed by atoms with E-state index in [9.17, 15) is 4.79 Å². The van der Waals surface area contributed by atoms with Gasteiger partial charge in [0.15, 0.2) is 17.1 Å². The van der Waals surface area contributed by atoms with Crippen LogP contribution in [0.25, 0.3) is 0 Å². The first-order chi connectivity index (χ1) is 14.9. The van der Waals surface area contributed by atoms with Crippen LogP contribution in [-0.4, -0.2) is 33.5 Å². The molecule has 0 bridgehead atoms. The number of nitrogens with one attached hydrogen (secondary N) is 1. The molecule has 7 nitrogen and oxygen atoms in total. The maximum atomic E-state index is 12.5. The molecular formula is C22H25ClN4O3S. The number of nitrogens with zero attached hydrogens (tertiary/aromatic N) is 3. The van der Waals surface area contributed by atoms with E-state index in [1.54, 1.807) is 25.3 Å². The van der Waals surface area contributed by atoms with Gasteiger partial charge < -0.3 is 19.4 Å². The second-order valence-electron chi connectivity index (χ2n) is 6.79. The van der Waals surface area contributed by atoms with E-state index in [0.717, 1.165) is 11.3 Å². The summed E-state index contributed by atoms with van der Waals surface area (Å²) in [6, 6.07) is 12.9. The number of aryl methyl sites for hydroxylation is 1. The molecule has 0 saturated carbocycles. The number of amides is 1. The van der Waals surface area contributed by atoms with E-state index in [4.69, 9.17) is 21.1 Å². The zero-order chi connectivity index (χ0) is 22.4. The molecule has 0 aliphatic heterocycles. The summed E-state index contributed by atoms with van der Waals surface area (Å²) in [5.41, 5.74) is 1.58. The first-order valence-corrected chi connectivity index (χ1v) is 11.2. The van der Waals surface area contributed by atoms with E-state index in [2.05, 4.69) is 15.5 Å². The Balaban J connectivity index is 1.66. The van der Waals surface area contributed by atoms with Gasteiger partial charge in [-0.05, 0) is 50.6 Å². The summed E-state index contributed by atoms with van der Waals surface area (Å²) in [6.07, 6.45) is -0.285. The van der Waals surface area contributed by atoms with Crippen molar-refractivity contribution in [1.29, 1.82) is 0 Å². The van der Waals surface area contributed by atoms with Crippen LogP contribution in [0, 0.1) is 6.92 Å². The average Bonchev–Trinajstić information content (AvgIpc) is 3.17. The molecule has 0 fully saturated rings. The number of thioether (sulfide) groups is 1. The Morgan fingerprint density at radius 2 is 2.00 bits per heavy atom. The van der Waals surface area contributed by atoms with E-state index in [1.165, 1.54) is 11.8 Å². The van der Waals surface area contributed by atoms with Crippen LogP contribution in [-0.2, 0) is 11.3 Å². The molecule has 0 aliphatic carbocycles. The highest BCUT2D eigenvalue weighted by molar-refractivity contribution is 7.99. The zero-order valence-electron chi connectivity index (χ0n) is 17.9. The molecular weight excluding hydrogens is 436 g/mol. The van der Waals surface area contributed by atoms with Gasteiger partial charge >= 0.3 is 0 Å². The lowest BCUT2D eigenvalue weighted by molar-refractivity contribution is -0.113. The topological polar surface area (TPSA) is 78.3 Å². The largest absolute Gasteiger partial charge is 0.495 e. The van der Waals surface area contributed by atoms with Crippen LogP contribution in [0.15, 0.2) is 47.6 Å². The van der Waals surface area contributed by atoms with Crippen LogP contribution in [0.4, 0.5) is 5.69 Å². The molecule has 9 heteroatoms. The number of carbonyl (C=O) groups excluding carboxylic acids is 1. The predicted octanol–water partition coefficient (Wildman–Crippen LogP) is 5.14. The highest BCUT2D eigenvalue weighted by atomic mass is 35.5. The molecule has 1 N–H and O–H groups in total. The number of ether oxygens (including phenoxy) is 2. The number of anilines is 1. The molecule has 0 saturated heterocycles. The zero-order valence-corrected chi connectivity index (χ0v) is 19.5. The van der Waals surface area contributed by atoms with Gasteiger partial charge in [0.2, 0.25) is 5.91 Å². The number of hydrogen-bond donors (Lipinski definition) is 1. The number of halogens is 1. The van der Waals surface area contributed by atoms with Gasteiger partial charge in [-0.25, -0.2) is 0 Å². The van der Waals surface area contributed by atoms with Crippen molar-refractivity contribution in [2.75, 3.05) is 18.2 Å². The van der Waals surface area contributed by atoms with Gasteiger partial charge in [0, 0.05) is 11.6 Å². The molecule has 1 amide bonds. The van der Waals surface area contributed by atoms with Crippen LogP contribution in [0.2, 0.25) is 5.02 Å². The SMILES string of the molecule is CCn1c(SCC(=O)Nc2cc(Cl)ccc2OC)nnc1C(C)Oc1ccccc1C. The van der Waals surface area contributed by atoms with Crippen LogP contribution < -0.4 is 14.8 Å². The Hall–Kier alpha value is -2.71. The Bertz CT molecular complexity index is 1060. The van der Waals surface area contributed by atoms with Crippen molar-refractivity contribution in [3.63, 3.8) is 0 Å². The highest BCUT2D eigenvalue weighted by Crippen LogP contribution is 2.29. The fourth-order valence-electron chi connectivity index (χ4n) is 3.03. The lowest BCUT2D eigenvalue weighted by atomic mass is 10.2. The number of carbonyl (C=O) groups is 1. The van der Waals surface area contributed by atoms with Gasteiger partial charge in [0.25, 0.3) is 0 Å². The summed E-state index contributed by atoms with van der Waals surface area (Å²) in [7, 11) is 1.54. The molecule has 2 aromatic carbocycles. The number of rotatable bonds is 9. The van der Waals surface area contributed by atoms with E-state index < -0.39 is 0 Å². The molecule has 164 valence electrons. The summed E-state index contributed by atoms with van der Waals surface area (Å²) < 4.78 is 13.3. The summed E-state index contributed by atoms with van der Waals surface area (Å²) in [6.45, 7) is 6.61. The number of para-hydroxylation sites is 1. The van der Waals surface area contributed by atoms with E-state index in [-0.39, 0.29) is 17.8 Å².